The van der Waals surface area contributed by atoms with Gasteiger partial charge in [-0.2, -0.15) is 0 Å². The Bertz CT molecular complexity index is 513. The number of fused-ring (bicyclic) bond motifs is 1. The van der Waals surface area contributed by atoms with E-state index in [4.69, 9.17) is 5.73 Å². The van der Waals surface area contributed by atoms with E-state index < -0.39 is 5.66 Å². The largest absolute Gasteiger partial charge is 0.327 e. The molecule has 15 heavy (non-hydrogen) atoms. The minimum Gasteiger partial charge on any atom is -0.327 e. The Hall–Kier alpha value is -1.87. The molecular formula is C12H11N3. The van der Waals surface area contributed by atoms with Crippen molar-refractivity contribution in [3.05, 3.63) is 54.4 Å². The molecule has 1 unspecified atom stereocenters. The molecule has 0 spiro atoms. The van der Waals surface area contributed by atoms with Gasteiger partial charge in [0.25, 0.3) is 0 Å². The van der Waals surface area contributed by atoms with Crippen LogP contribution in [-0.4, -0.2) is 10.8 Å². The van der Waals surface area contributed by atoms with Gasteiger partial charge in [0.1, 0.15) is 0 Å². The maximum absolute atomic E-state index is 6.35. The van der Waals surface area contributed by atoms with Crippen molar-refractivity contribution in [2.45, 2.75) is 5.66 Å². The number of aliphatic imine (C=N–C) groups is 1. The second-order valence-corrected chi connectivity index (χ2v) is 3.69. The molecule has 1 atom stereocenters. The number of benzene rings is 1. The molecule has 0 saturated heterocycles. The smallest absolute Gasteiger partial charge is 0.157 e. The summed E-state index contributed by atoms with van der Waals surface area (Å²) in [5, 5.41) is 0. The predicted octanol–water partition coefficient (Wildman–Crippen LogP) is 1.86. The van der Waals surface area contributed by atoms with Crippen LogP contribution in [0, 0.1) is 0 Å². The Morgan fingerprint density at radius 1 is 1.07 bits per heavy atom. The summed E-state index contributed by atoms with van der Waals surface area (Å²) in [5.41, 5.74) is 7.72. The Kier molecular flexibility index (Phi) is 1.58. The third-order valence-corrected chi connectivity index (χ3v) is 2.77. The van der Waals surface area contributed by atoms with Gasteiger partial charge in [0, 0.05) is 18.0 Å². The molecule has 0 aliphatic carbocycles. The van der Waals surface area contributed by atoms with Crippen LogP contribution in [0.25, 0.3) is 0 Å². The van der Waals surface area contributed by atoms with Crippen LogP contribution < -0.4 is 5.73 Å². The summed E-state index contributed by atoms with van der Waals surface area (Å²) in [6, 6.07) is 11.9. The molecule has 3 rings (SSSR count). The van der Waals surface area contributed by atoms with E-state index >= 15 is 0 Å². The van der Waals surface area contributed by atoms with Gasteiger partial charge in [-0.25, -0.2) is 0 Å². The SMILES string of the molecule is NC1(n2cccc2)C=Nc2ccccc21. The third-order valence-electron chi connectivity index (χ3n) is 2.77. The molecule has 2 heterocycles. The van der Waals surface area contributed by atoms with Gasteiger partial charge in [0.15, 0.2) is 5.66 Å². The zero-order valence-corrected chi connectivity index (χ0v) is 8.17. The Labute approximate surface area is 87.9 Å². The lowest BCUT2D eigenvalue weighted by Gasteiger charge is -2.24. The quantitative estimate of drug-likeness (QED) is 0.745. The zero-order chi connectivity index (χ0) is 10.3. The molecular weight excluding hydrogens is 186 g/mol. The summed E-state index contributed by atoms with van der Waals surface area (Å²) in [5.74, 6) is 0. The summed E-state index contributed by atoms with van der Waals surface area (Å²) in [6.07, 6.45) is 5.69. The fraction of sp³-hybridized carbons (Fsp3) is 0.0833. The third kappa shape index (κ3) is 1.07. The molecule has 3 nitrogen and oxygen atoms in total. The minimum atomic E-state index is -0.625. The van der Waals surface area contributed by atoms with Crippen LogP contribution in [0.15, 0.2) is 53.8 Å². The Morgan fingerprint density at radius 2 is 1.80 bits per heavy atom. The minimum absolute atomic E-state index is 0.625. The van der Waals surface area contributed by atoms with E-state index in [1.807, 2.05) is 53.4 Å². The van der Waals surface area contributed by atoms with Crippen LogP contribution in [0.2, 0.25) is 0 Å². The van der Waals surface area contributed by atoms with Crippen molar-refractivity contribution in [3.8, 4) is 0 Å². The van der Waals surface area contributed by atoms with Crippen molar-refractivity contribution in [2.75, 3.05) is 0 Å². The van der Waals surface area contributed by atoms with E-state index in [1.165, 1.54) is 0 Å². The van der Waals surface area contributed by atoms with E-state index in [2.05, 4.69) is 4.99 Å². The van der Waals surface area contributed by atoms with Crippen molar-refractivity contribution >= 4 is 11.9 Å². The molecule has 0 bridgehead atoms. The predicted molar refractivity (Wildman–Crippen MR) is 60.3 cm³/mol. The normalized spacial score (nSPS) is 23.0. The molecule has 0 fully saturated rings. The van der Waals surface area contributed by atoms with Gasteiger partial charge in [-0.3, -0.25) is 10.7 Å². The van der Waals surface area contributed by atoms with E-state index in [1.54, 1.807) is 6.21 Å². The molecule has 2 N–H and O–H groups in total. The highest BCUT2D eigenvalue weighted by molar-refractivity contribution is 5.84. The first-order valence-electron chi connectivity index (χ1n) is 4.88. The van der Waals surface area contributed by atoms with Gasteiger partial charge in [0.05, 0.1) is 11.9 Å². The number of aromatic nitrogens is 1. The van der Waals surface area contributed by atoms with Crippen LogP contribution in [-0.2, 0) is 5.66 Å². The number of para-hydroxylation sites is 1. The van der Waals surface area contributed by atoms with Crippen molar-refractivity contribution in [1.82, 2.24) is 4.57 Å². The zero-order valence-electron chi connectivity index (χ0n) is 8.17. The van der Waals surface area contributed by atoms with Gasteiger partial charge < -0.3 is 4.57 Å². The van der Waals surface area contributed by atoms with E-state index in [0.29, 0.717) is 0 Å². The molecule has 1 aliphatic heterocycles. The molecule has 0 saturated carbocycles. The number of hydrogen-bond donors (Lipinski definition) is 1. The van der Waals surface area contributed by atoms with Crippen molar-refractivity contribution in [2.24, 2.45) is 10.7 Å². The number of nitrogens with two attached hydrogens (primary N) is 1. The number of nitrogens with zero attached hydrogens (tertiary/aromatic N) is 2. The fourth-order valence-corrected chi connectivity index (χ4v) is 1.95. The summed E-state index contributed by atoms with van der Waals surface area (Å²) in [4.78, 5) is 4.34. The second-order valence-electron chi connectivity index (χ2n) is 3.69. The second kappa shape index (κ2) is 2.81. The Morgan fingerprint density at radius 3 is 2.60 bits per heavy atom. The number of hydrogen-bond acceptors (Lipinski definition) is 2. The summed E-state index contributed by atoms with van der Waals surface area (Å²) < 4.78 is 1.96. The monoisotopic (exact) mass is 197 g/mol. The first-order chi connectivity index (χ1) is 7.31. The highest BCUT2D eigenvalue weighted by Gasteiger charge is 2.32. The van der Waals surface area contributed by atoms with Gasteiger partial charge in [-0.05, 0) is 18.2 Å². The van der Waals surface area contributed by atoms with Crippen molar-refractivity contribution in [1.29, 1.82) is 0 Å². The average Bonchev–Trinajstić information content (AvgIpc) is 2.88. The van der Waals surface area contributed by atoms with Gasteiger partial charge in [-0.1, -0.05) is 18.2 Å². The molecule has 0 radical (unpaired) electrons. The lowest BCUT2D eigenvalue weighted by atomic mass is 10.0. The standard InChI is InChI=1S/C12H11N3/c13-12(15-7-3-4-8-15)9-14-11-6-2-1-5-10(11)12/h1-9H,13H2. The molecule has 3 heteroatoms. The topological polar surface area (TPSA) is 43.3 Å². The van der Waals surface area contributed by atoms with Gasteiger partial charge in [0.2, 0.25) is 0 Å². The molecule has 74 valence electrons. The van der Waals surface area contributed by atoms with E-state index in [0.717, 1.165) is 11.3 Å². The van der Waals surface area contributed by atoms with E-state index in [9.17, 15) is 0 Å². The van der Waals surface area contributed by atoms with Gasteiger partial charge in [-0.15, -0.1) is 0 Å². The van der Waals surface area contributed by atoms with E-state index in [-0.39, 0.29) is 0 Å². The lowest BCUT2D eigenvalue weighted by Crippen LogP contribution is -2.43. The summed E-state index contributed by atoms with van der Waals surface area (Å²) >= 11 is 0. The molecule has 1 aromatic carbocycles. The molecule has 1 aliphatic rings. The number of rotatable bonds is 1. The van der Waals surface area contributed by atoms with Crippen molar-refractivity contribution < 1.29 is 0 Å². The first-order valence-corrected chi connectivity index (χ1v) is 4.88. The first kappa shape index (κ1) is 8.44. The molecule has 1 aromatic heterocycles. The average molecular weight is 197 g/mol. The van der Waals surface area contributed by atoms with Crippen LogP contribution >= 0.6 is 0 Å². The van der Waals surface area contributed by atoms with Crippen LogP contribution in [0.3, 0.4) is 0 Å². The fourth-order valence-electron chi connectivity index (χ4n) is 1.95. The Balaban J connectivity index is 2.21. The molecule has 2 aromatic rings. The van der Waals surface area contributed by atoms with Crippen molar-refractivity contribution in [3.63, 3.8) is 0 Å². The summed E-state index contributed by atoms with van der Waals surface area (Å²) in [6.45, 7) is 0. The van der Waals surface area contributed by atoms with Crippen LogP contribution in [0.5, 0.6) is 0 Å². The highest BCUT2D eigenvalue weighted by Crippen LogP contribution is 2.33. The highest BCUT2D eigenvalue weighted by atomic mass is 15.2. The van der Waals surface area contributed by atoms with Gasteiger partial charge >= 0.3 is 0 Å². The van der Waals surface area contributed by atoms with Crippen LogP contribution in [0.4, 0.5) is 5.69 Å². The summed E-state index contributed by atoms with van der Waals surface area (Å²) in [7, 11) is 0. The van der Waals surface area contributed by atoms with Crippen LogP contribution in [0.1, 0.15) is 5.56 Å². The maximum Gasteiger partial charge on any atom is 0.157 e. The lowest BCUT2D eigenvalue weighted by molar-refractivity contribution is 0.526. The maximum atomic E-state index is 6.35. The molecule has 0 amide bonds.